The van der Waals surface area contributed by atoms with Crippen LogP contribution in [0.5, 0.6) is 0 Å². The summed E-state index contributed by atoms with van der Waals surface area (Å²) in [6, 6.07) is 9.55. The number of nitrogens with one attached hydrogen (secondary N) is 1. The van der Waals surface area contributed by atoms with E-state index < -0.39 is 0 Å². The standard InChI is InChI=1S/C17H15N5O/c23-17(6-5-16-12-18-8-9-19-16)21-15-4-1-3-14(11-15)13-22-10-2-7-20-22/h1-12H,13H2,(H,21,23). The van der Waals surface area contributed by atoms with Crippen LogP contribution >= 0.6 is 0 Å². The molecule has 0 bridgehead atoms. The average Bonchev–Trinajstić information content (AvgIpc) is 3.07. The quantitative estimate of drug-likeness (QED) is 0.735. The number of nitrogens with zero attached hydrogens (tertiary/aromatic N) is 4. The number of hydrogen-bond acceptors (Lipinski definition) is 4. The molecule has 0 atom stereocenters. The molecule has 0 spiro atoms. The van der Waals surface area contributed by atoms with Crippen LogP contribution in [0.15, 0.2) is 67.4 Å². The van der Waals surface area contributed by atoms with Gasteiger partial charge in [-0.05, 0) is 29.8 Å². The van der Waals surface area contributed by atoms with Gasteiger partial charge in [-0.25, -0.2) is 0 Å². The number of carbonyl (C=O) groups excluding carboxylic acids is 1. The average molecular weight is 305 g/mol. The van der Waals surface area contributed by atoms with Gasteiger partial charge in [0, 0.05) is 36.6 Å². The summed E-state index contributed by atoms with van der Waals surface area (Å²) in [6.07, 6.45) is 11.4. The summed E-state index contributed by atoms with van der Waals surface area (Å²) in [5, 5.41) is 7.00. The lowest BCUT2D eigenvalue weighted by Crippen LogP contribution is -2.08. The van der Waals surface area contributed by atoms with E-state index in [1.54, 1.807) is 30.9 Å². The minimum atomic E-state index is -0.216. The van der Waals surface area contributed by atoms with Crippen molar-refractivity contribution in [2.24, 2.45) is 0 Å². The Hall–Kier alpha value is -3.28. The molecule has 0 radical (unpaired) electrons. The third-order valence-electron chi connectivity index (χ3n) is 3.09. The highest BCUT2D eigenvalue weighted by Crippen LogP contribution is 2.12. The summed E-state index contributed by atoms with van der Waals surface area (Å²) < 4.78 is 1.83. The monoisotopic (exact) mass is 305 g/mol. The summed E-state index contributed by atoms with van der Waals surface area (Å²) in [5.74, 6) is -0.216. The smallest absolute Gasteiger partial charge is 0.248 e. The molecule has 23 heavy (non-hydrogen) atoms. The molecule has 0 saturated heterocycles. The fraction of sp³-hybridized carbons (Fsp3) is 0.0588. The molecule has 0 aliphatic carbocycles. The van der Waals surface area contributed by atoms with Crippen LogP contribution in [0.4, 0.5) is 5.69 Å². The first-order valence-corrected chi connectivity index (χ1v) is 7.11. The van der Waals surface area contributed by atoms with Crippen molar-refractivity contribution in [1.29, 1.82) is 0 Å². The first-order valence-electron chi connectivity index (χ1n) is 7.11. The molecule has 3 aromatic rings. The zero-order chi connectivity index (χ0) is 15.9. The summed E-state index contributed by atoms with van der Waals surface area (Å²) >= 11 is 0. The molecule has 1 amide bonds. The highest BCUT2D eigenvalue weighted by Gasteiger charge is 2.01. The molecule has 0 unspecified atom stereocenters. The Morgan fingerprint density at radius 1 is 1.22 bits per heavy atom. The lowest BCUT2D eigenvalue weighted by molar-refractivity contribution is -0.111. The summed E-state index contributed by atoms with van der Waals surface area (Å²) in [4.78, 5) is 20.0. The maximum atomic E-state index is 12.0. The van der Waals surface area contributed by atoms with Gasteiger partial charge in [-0.3, -0.25) is 19.4 Å². The van der Waals surface area contributed by atoms with Gasteiger partial charge in [-0.1, -0.05) is 12.1 Å². The van der Waals surface area contributed by atoms with Gasteiger partial charge < -0.3 is 5.32 Å². The van der Waals surface area contributed by atoms with Gasteiger partial charge in [0.05, 0.1) is 18.4 Å². The van der Waals surface area contributed by atoms with Crippen LogP contribution < -0.4 is 5.32 Å². The van der Waals surface area contributed by atoms with E-state index in [4.69, 9.17) is 0 Å². The van der Waals surface area contributed by atoms with Gasteiger partial charge in [0.1, 0.15) is 0 Å². The minimum absolute atomic E-state index is 0.216. The fourth-order valence-corrected chi connectivity index (χ4v) is 2.07. The topological polar surface area (TPSA) is 72.7 Å². The van der Waals surface area contributed by atoms with Crippen molar-refractivity contribution in [2.75, 3.05) is 5.32 Å². The Morgan fingerprint density at radius 3 is 2.96 bits per heavy atom. The highest BCUT2D eigenvalue weighted by molar-refractivity contribution is 6.01. The Kier molecular flexibility index (Phi) is 4.54. The van der Waals surface area contributed by atoms with E-state index in [2.05, 4.69) is 20.4 Å². The predicted octanol–water partition coefficient (Wildman–Crippen LogP) is 2.37. The van der Waals surface area contributed by atoms with Gasteiger partial charge in [0.25, 0.3) is 0 Å². The number of hydrogen-bond donors (Lipinski definition) is 1. The van der Waals surface area contributed by atoms with Crippen molar-refractivity contribution in [3.8, 4) is 0 Å². The molecule has 0 aliphatic rings. The van der Waals surface area contributed by atoms with Crippen molar-refractivity contribution in [3.05, 3.63) is 78.6 Å². The van der Waals surface area contributed by atoms with Crippen LogP contribution in [0.25, 0.3) is 6.08 Å². The van der Waals surface area contributed by atoms with Crippen molar-refractivity contribution in [3.63, 3.8) is 0 Å². The summed E-state index contributed by atoms with van der Waals surface area (Å²) in [5.41, 5.74) is 2.43. The number of carbonyl (C=O) groups is 1. The first-order chi connectivity index (χ1) is 11.3. The zero-order valence-corrected chi connectivity index (χ0v) is 12.3. The van der Waals surface area contributed by atoms with Crippen molar-refractivity contribution >= 4 is 17.7 Å². The number of rotatable bonds is 5. The maximum absolute atomic E-state index is 12.0. The molecule has 3 rings (SSSR count). The van der Waals surface area contributed by atoms with Gasteiger partial charge in [-0.15, -0.1) is 0 Å². The third kappa shape index (κ3) is 4.34. The molecule has 2 heterocycles. The van der Waals surface area contributed by atoms with Crippen LogP contribution in [0.2, 0.25) is 0 Å². The predicted molar refractivity (Wildman–Crippen MR) is 87.5 cm³/mol. The molecule has 1 aromatic carbocycles. The summed E-state index contributed by atoms with van der Waals surface area (Å²) in [7, 11) is 0. The molecule has 0 aliphatic heterocycles. The Balaban J connectivity index is 1.63. The van der Waals surface area contributed by atoms with Crippen LogP contribution in [0, 0.1) is 0 Å². The minimum Gasteiger partial charge on any atom is -0.323 e. The Bertz CT molecular complexity index is 797. The van der Waals surface area contributed by atoms with Crippen LogP contribution in [0.3, 0.4) is 0 Å². The Morgan fingerprint density at radius 2 is 2.17 bits per heavy atom. The summed E-state index contributed by atoms with van der Waals surface area (Å²) in [6.45, 7) is 0.659. The van der Waals surface area contributed by atoms with E-state index in [9.17, 15) is 4.79 Å². The molecular weight excluding hydrogens is 290 g/mol. The third-order valence-corrected chi connectivity index (χ3v) is 3.09. The normalized spacial score (nSPS) is 10.8. The lowest BCUT2D eigenvalue weighted by Gasteiger charge is -2.06. The molecule has 2 aromatic heterocycles. The number of anilines is 1. The van der Waals surface area contributed by atoms with Crippen LogP contribution in [-0.4, -0.2) is 25.7 Å². The van der Waals surface area contributed by atoms with Crippen molar-refractivity contribution in [2.45, 2.75) is 6.54 Å². The van der Waals surface area contributed by atoms with E-state index in [0.29, 0.717) is 12.2 Å². The first kappa shape index (κ1) is 14.6. The van der Waals surface area contributed by atoms with Crippen LogP contribution in [0.1, 0.15) is 11.3 Å². The van der Waals surface area contributed by atoms with Crippen LogP contribution in [-0.2, 0) is 11.3 Å². The number of aromatic nitrogens is 4. The number of amides is 1. The largest absolute Gasteiger partial charge is 0.323 e. The second kappa shape index (κ2) is 7.13. The molecule has 114 valence electrons. The molecule has 0 saturated carbocycles. The maximum Gasteiger partial charge on any atom is 0.248 e. The van der Waals surface area contributed by atoms with E-state index in [-0.39, 0.29) is 5.91 Å². The molecule has 6 heteroatoms. The van der Waals surface area contributed by atoms with Crippen molar-refractivity contribution < 1.29 is 4.79 Å². The van der Waals surface area contributed by atoms with Gasteiger partial charge in [0.2, 0.25) is 5.91 Å². The lowest BCUT2D eigenvalue weighted by atomic mass is 10.2. The van der Waals surface area contributed by atoms with Gasteiger partial charge in [-0.2, -0.15) is 5.10 Å². The molecule has 6 nitrogen and oxygen atoms in total. The Labute approximate surface area is 133 Å². The van der Waals surface area contributed by atoms with E-state index in [1.165, 1.54) is 6.08 Å². The van der Waals surface area contributed by atoms with Gasteiger partial charge in [0.15, 0.2) is 0 Å². The van der Waals surface area contributed by atoms with Crippen molar-refractivity contribution in [1.82, 2.24) is 19.7 Å². The molecule has 0 fully saturated rings. The highest BCUT2D eigenvalue weighted by atomic mass is 16.1. The second-order valence-electron chi connectivity index (χ2n) is 4.86. The van der Waals surface area contributed by atoms with E-state index >= 15 is 0 Å². The SMILES string of the molecule is O=C(C=Cc1cnccn1)Nc1cccc(Cn2cccn2)c1. The van der Waals surface area contributed by atoms with E-state index in [0.717, 1.165) is 11.3 Å². The van der Waals surface area contributed by atoms with Gasteiger partial charge >= 0.3 is 0 Å². The fourth-order valence-electron chi connectivity index (χ4n) is 2.07. The second-order valence-corrected chi connectivity index (χ2v) is 4.86. The van der Waals surface area contributed by atoms with E-state index in [1.807, 2.05) is 41.2 Å². The molecular formula is C17H15N5O. The molecule has 1 N–H and O–H groups in total. The number of benzene rings is 1. The zero-order valence-electron chi connectivity index (χ0n) is 12.3.